The predicted molar refractivity (Wildman–Crippen MR) is 86.6 cm³/mol. The van der Waals surface area contributed by atoms with E-state index >= 15 is 0 Å². The van der Waals surface area contributed by atoms with Crippen LogP contribution in [0.25, 0.3) is 5.65 Å². The molecule has 1 fully saturated rings. The molecule has 3 rings (SSSR count). The van der Waals surface area contributed by atoms with Gasteiger partial charge in [-0.1, -0.05) is 22.0 Å². The lowest BCUT2D eigenvalue weighted by molar-refractivity contribution is 0.642. The van der Waals surface area contributed by atoms with Gasteiger partial charge < -0.3 is 9.30 Å². The Hall–Kier alpha value is -0.680. The molecular weight excluding hydrogens is 322 g/mol. The molecule has 0 bridgehead atoms. The number of aromatic nitrogens is 2. The Kier molecular flexibility index (Phi) is 3.52. The van der Waals surface area contributed by atoms with Crippen LogP contribution in [0.2, 0.25) is 0 Å². The number of anilines is 1. The average Bonchev–Trinajstić information content (AvgIpc) is 2.76. The highest BCUT2D eigenvalue weighted by Crippen LogP contribution is 2.34. The van der Waals surface area contributed by atoms with E-state index in [0.29, 0.717) is 4.75 Å². The SMILES string of the molecule is CC1(C)CN(c2nc3ccccn3c2CBr)CCS1. The first kappa shape index (κ1) is 13.3. The van der Waals surface area contributed by atoms with E-state index in [1.165, 1.54) is 11.4 Å². The number of nitrogens with zero attached hydrogens (tertiary/aromatic N) is 3. The Morgan fingerprint density at radius 1 is 1.42 bits per heavy atom. The van der Waals surface area contributed by atoms with Crippen molar-refractivity contribution in [3.8, 4) is 0 Å². The van der Waals surface area contributed by atoms with Crippen LogP contribution in [0.15, 0.2) is 24.4 Å². The second-order valence-electron chi connectivity index (χ2n) is 5.47. The van der Waals surface area contributed by atoms with Crippen molar-refractivity contribution in [1.82, 2.24) is 9.38 Å². The summed E-state index contributed by atoms with van der Waals surface area (Å²) in [5.74, 6) is 2.30. The molecular formula is C14H18BrN3S. The quantitative estimate of drug-likeness (QED) is 0.780. The molecule has 2 aromatic heterocycles. The minimum atomic E-state index is 0.303. The van der Waals surface area contributed by atoms with Gasteiger partial charge in [-0.05, 0) is 26.0 Å². The second kappa shape index (κ2) is 5.02. The zero-order chi connectivity index (χ0) is 13.5. The first-order valence-electron chi connectivity index (χ1n) is 6.51. The molecule has 3 heterocycles. The molecule has 1 aliphatic heterocycles. The van der Waals surface area contributed by atoms with E-state index in [1.54, 1.807) is 0 Å². The molecule has 0 N–H and O–H groups in total. The van der Waals surface area contributed by atoms with Crippen molar-refractivity contribution in [1.29, 1.82) is 0 Å². The summed E-state index contributed by atoms with van der Waals surface area (Å²) in [4.78, 5) is 7.25. The van der Waals surface area contributed by atoms with Crippen molar-refractivity contribution in [2.24, 2.45) is 0 Å². The molecule has 0 radical (unpaired) electrons. The number of thioether (sulfide) groups is 1. The third-order valence-corrected chi connectivity index (χ3v) is 5.29. The first-order chi connectivity index (χ1) is 9.11. The molecule has 0 unspecified atom stereocenters. The number of imidazole rings is 1. The van der Waals surface area contributed by atoms with E-state index in [1.807, 2.05) is 6.07 Å². The lowest BCUT2D eigenvalue weighted by Gasteiger charge is -2.38. The molecule has 102 valence electrons. The molecule has 0 aromatic carbocycles. The lowest BCUT2D eigenvalue weighted by Crippen LogP contribution is -2.43. The molecule has 1 saturated heterocycles. The Morgan fingerprint density at radius 3 is 3.00 bits per heavy atom. The van der Waals surface area contributed by atoms with Crippen molar-refractivity contribution in [2.75, 3.05) is 23.7 Å². The Bertz CT molecular complexity index is 593. The molecule has 0 spiro atoms. The minimum absolute atomic E-state index is 0.303. The summed E-state index contributed by atoms with van der Waals surface area (Å²) in [6.45, 7) is 6.76. The highest BCUT2D eigenvalue weighted by Gasteiger charge is 2.29. The zero-order valence-corrected chi connectivity index (χ0v) is 13.7. The average molecular weight is 340 g/mol. The normalized spacial score (nSPS) is 19.0. The third-order valence-electron chi connectivity index (χ3n) is 3.46. The van der Waals surface area contributed by atoms with Crippen LogP contribution < -0.4 is 4.90 Å². The summed E-state index contributed by atoms with van der Waals surface area (Å²) in [5, 5.41) is 0.831. The molecule has 0 amide bonds. The van der Waals surface area contributed by atoms with E-state index in [4.69, 9.17) is 4.98 Å². The topological polar surface area (TPSA) is 20.5 Å². The lowest BCUT2D eigenvalue weighted by atomic mass is 10.2. The van der Waals surface area contributed by atoms with Gasteiger partial charge in [0.2, 0.25) is 0 Å². The van der Waals surface area contributed by atoms with Crippen LogP contribution in [-0.2, 0) is 5.33 Å². The summed E-state index contributed by atoms with van der Waals surface area (Å²) >= 11 is 5.66. The van der Waals surface area contributed by atoms with E-state index in [2.05, 4.69) is 69.2 Å². The molecule has 3 nitrogen and oxygen atoms in total. The van der Waals surface area contributed by atoms with Crippen LogP contribution in [0.5, 0.6) is 0 Å². The van der Waals surface area contributed by atoms with Gasteiger partial charge in [0.15, 0.2) is 5.82 Å². The van der Waals surface area contributed by atoms with Gasteiger partial charge in [-0.25, -0.2) is 4.98 Å². The van der Waals surface area contributed by atoms with Gasteiger partial charge in [0.05, 0.1) is 5.69 Å². The summed E-state index contributed by atoms with van der Waals surface area (Å²) in [6.07, 6.45) is 2.09. The van der Waals surface area contributed by atoms with Crippen LogP contribution in [0.4, 0.5) is 5.82 Å². The summed E-state index contributed by atoms with van der Waals surface area (Å²) in [6, 6.07) is 6.17. The fraction of sp³-hybridized carbons (Fsp3) is 0.500. The molecule has 0 aliphatic carbocycles. The summed E-state index contributed by atoms with van der Waals surface area (Å²) < 4.78 is 2.48. The van der Waals surface area contributed by atoms with Crippen LogP contribution in [0.3, 0.4) is 0 Å². The van der Waals surface area contributed by atoms with Gasteiger partial charge in [-0.2, -0.15) is 11.8 Å². The van der Waals surface area contributed by atoms with Crippen molar-refractivity contribution >= 4 is 39.2 Å². The van der Waals surface area contributed by atoms with E-state index in [-0.39, 0.29) is 0 Å². The fourth-order valence-electron chi connectivity index (χ4n) is 2.61. The number of halogens is 1. The smallest absolute Gasteiger partial charge is 0.152 e. The van der Waals surface area contributed by atoms with E-state index < -0.39 is 0 Å². The fourth-order valence-corrected chi connectivity index (χ4v) is 4.24. The highest BCUT2D eigenvalue weighted by molar-refractivity contribution is 9.08. The summed E-state index contributed by atoms with van der Waals surface area (Å²) in [5.41, 5.74) is 2.28. The number of pyridine rings is 1. The Balaban J connectivity index is 2.04. The van der Waals surface area contributed by atoms with Gasteiger partial charge in [0.1, 0.15) is 5.65 Å². The molecule has 19 heavy (non-hydrogen) atoms. The number of fused-ring (bicyclic) bond motifs is 1. The van der Waals surface area contributed by atoms with Gasteiger partial charge >= 0.3 is 0 Å². The molecule has 2 aromatic rings. The van der Waals surface area contributed by atoms with Gasteiger partial charge in [0.25, 0.3) is 0 Å². The molecule has 5 heteroatoms. The first-order valence-corrected chi connectivity index (χ1v) is 8.62. The maximum absolute atomic E-state index is 4.82. The summed E-state index contributed by atoms with van der Waals surface area (Å²) in [7, 11) is 0. The highest BCUT2D eigenvalue weighted by atomic mass is 79.9. The predicted octanol–water partition coefficient (Wildman–Crippen LogP) is 3.56. The van der Waals surface area contributed by atoms with Crippen LogP contribution in [0.1, 0.15) is 19.5 Å². The standard InChI is InChI=1S/C14H18BrN3S/c1-14(2)10-17(7-8-19-14)13-11(9-15)18-6-4-3-5-12(18)16-13/h3-6H,7-10H2,1-2H3. The Labute approximate surface area is 126 Å². The monoisotopic (exact) mass is 339 g/mol. The van der Waals surface area contributed by atoms with Crippen LogP contribution >= 0.6 is 27.7 Å². The molecule has 1 aliphatic rings. The minimum Gasteiger partial charge on any atom is -0.353 e. The van der Waals surface area contributed by atoms with E-state index in [0.717, 1.165) is 29.9 Å². The van der Waals surface area contributed by atoms with Crippen LogP contribution in [0, 0.1) is 0 Å². The zero-order valence-electron chi connectivity index (χ0n) is 11.3. The van der Waals surface area contributed by atoms with Crippen LogP contribution in [-0.4, -0.2) is 33.0 Å². The number of hydrogen-bond acceptors (Lipinski definition) is 3. The second-order valence-corrected chi connectivity index (χ2v) is 7.84. The van der Waals surface area contributed by atoms with Crippen molar-refractivity contribution in [2.45, 2.75) is 23.9 Å². The van der Waals surface area contributed by atoms with Crippen molar-refractivity contribution in [3.05, 3.63) is 30.1 Å². The largest absolute Gasteiger partial charge is 0.353 e. The van der Waals surface area contributed by atoms with Gasteiger partial charge in [-0.15, -0.1) is 0 Å². The van der Waals surface area contributed by atoms with E-state index in [9.17, 15) is 0 Å². The van der Waals surface area contributed by atoms with Gasteiger partial charge in [-0.3, -0.25) is 0 Å². The van der Waals surface area contributed by atoms with Crippen molar-refractivity contribution in [3.63, 3.8) is 0 Å². The van der Waals surface area contributed by atoms with Gasteiger partial charge in [0, 0.05) is 35.1 Å². The maximum Gasteiger partial charge on any atom is 0.152 e. The number of alkyl halides is 1. The Morgan fingerprint density at radius 2 is 2.26 bits per heavy atom. The number of rotatable bonds is 2. The third kappa shape index (κ3) is 2.50. The molecule has 0 atom stereocenters. The number of hydrogen-bond donors (Lipinski definition) is 0. The van der Waals surface area contributed by atoms with Crippen molar-refractivity contribution < 1.29 is 0 Å². The molecule has 0 saturated carbocycles. The maximum atomic E-state index is 4.82.